The molecule has 4 nitrogen and oxygen atoms in total. The van der Waals surface area contributed by atoms with Crippen LogP contribution in [0.25, 0.3) is 0 Å². The summed E-state index contributed by atoms with van der Waals surface area (Å²) in [6, 6.07) is 11.1. The molecule has 0 aromatic heterocycles. The van der Waals surface area contributed by atoms with E-state index in [1.54, 1.807) is 0 Å². The highest BCUT2D eigenvalue weighted by Crippen LogP contribution is 2.09. The molecule has 0 saturated carbocycles. The SMILES string of the molecule is CC(NC(=O)Cc1cc(F)cc(F)c1)C(=O)OCc1ccccc1. The third kappa shape index (κ3) is 5.46. The average molecular weight is 333 g/mol. The normalized spacial score (nSPS) is 11.6. The standard InChI is InChI=1S/C18H17F2NO3/c1-12(18(23)24-11-13-5-3-2-4-6-13)21-17(22)9-14-7-15(19)10-16(20)8-14/h2-8,10,12H,9,11H2,1H3,(H,21,22). The lowest BCUT2D eigenvalue weighted by atomic mass is 10.1. The van der Waals surface area contributed by atoms with Crippen LogP contribution in [0.1, 0.15) is 18.1 Å². The maximum Gasteiger partial charge on any atom is 0.328 e. The van der Waals surface area contributed by atoms with E-state index in [1.807, 2.05) is 30.3 Å². The van der Waals surface area contributed by atoms with Gasteiger partial charge in [-0.2, -0.15) is 0 Å². The predicted octanol–water partition coefficient (Wildman–Crippen LogP) is 2.76. The van der Waals surface area contributed by atoms with E-state index in [4.69, 9.17) is 4.74 Å². The molecular formula is C18H17F2NO3. The fraction of sp³-hybridized carbons (Fsp3) is 0.222. The number of benzene rings is 2. The van der Waals surface area contributed by atoms with Crippen molar-refractivity contribution in [2.45, 2.75) is 26.0 Å². The minimum atomic E-state index is -0.861. The number of carbonyl (C=O) groups is 2. The molecule has 0 aliphatic heterocycles. The van der Waals surface area contributed by atoms with E-state index in [1.165, 1.54) is 6.92 Å². The first-order valence-corrected chi connectivity index (χ1v) is 7.39. The maximum atomic E-state index is 13.1. The first-order chi connectivity index (χ1) is 11.4. The van der Waals surface area contributed by atoms with Crippen molar-refractivity contribution in [2.24, 2.45) is 0 Å². The monoisotopic (exact) mass is 333 g/mol. The molecule has 2 rings (SSSR count). The van der Waals surface area contributed by atoms with E-state index >= 15 is 0 Å². The van der Waals surface area contributed by atoms with Crippen molar-refractivity contribution in [2.75, 3.05) is 0 Å². The van der Waals surface area contributed by atoms with Gasteiger partial charge in [-0.05, 0) is 30.2 Å². The second-order valence-corrected chi connectivity index (χ2v) is 5.34. The highest BCUT2D eigenvalue weighted by atomic mass is 19.1. The Morgan fingerprint density at radius 1 is 1.04 bits per heavy atom. The van der Waals surface area contributed by atoms with Crippen LogP contribution in [0.4, 0.5) is 8.78 Å². The van der Waals surface area contributed by atoms with Crippen LogP contribution < -0.4 is 5.32 Å². The minimum absolute atomic E-state index is 0.106. The van der Waals surface area contributed by atoms with Crippen molar-refractivity contribution >= 4 is 11.9 Å². The summed E-state index contributed by atoms with van der Waals surface area (Å²) >= 11 is 0. The molecule has 0 radical (unpaired) electrons. The van der Waals surface area contributed by atoms with Crippen LogP contribution in [0, 0.1) is 11.6 Å². The Bertz CT molecular complexity index is 699. The maximum absolute atomic E-state index is 13.1. The van der Waals surface area contributed by atoms with Gasteiger partial charge in [0.05, 0.1) is 6.42 Å². The number of carbonyl (C=O) groups excluding carboxylic acids is 2. The first kappa shape index (κ1) is 17.6. The molecule has 1 N–H and O–H groups in total. The van der Waals surface area contributed by atoms with Crippen LogP contribution in [0.5, 0.6) is 0 Å². The van der Waals surface area contributed by atoms with Crippen molar-refractivity contribution in [3.8, 4) is 0 Å². The number of esters is 1. The molecule has 1 unspecified atom stereocenters. The van der Waals surface area contributed by atoms with Gasteiger partial charge < -0.3 is 10.1 Å². The van der Waals surface area contributed by atoms with Crippen LogP contribution in [-0.4, -0.2) is 17.9 Å². The summed E-state index contributed by atoms with van der Waals surface area (Å²) in [7, 11) is 0. The van der Waals surface area contributed by atoms with Gasteiger partial charge in [0.15, 0.2) is 0 Å². The molecule has 126 valence electrons. The molecule has 0 bridgehead atoms. The Kier molecular flexibility index (Phi) is 6.01. The number of hydrogen-bond acceptors (Lipinski definition) is 3. The third-order valence-electron chi connectivity index (χ3n) is 3.24. The van der Waals surface area contributed by atoms with Gasteiger partial charge in [0.1, 0.15) is 24.3 Å². The fourth-order valence-corrected chi connectivity index (χ4v) is 2.10. The summed E-state index contributed by atoms with van der Waals surface area (Å²) in [6.07, 6.45) is -0.231. The van der Waals surface area contributed by atoms with E-state index < -0.39 is 29.6 Å². The van der Waals surface area contributed by atoms with E-state index in [9.17, 15) is 18.4 Å². The summed E-state index contributed by atoms with van der Waals surface area (Å²) < 4.78 is 31.3. The molecule has 24 heavy (non-hydrogen) atoms. The molecule has 2 aromatic rings. The number of hydrogen-bond donors (Lipinski definition) is 1. The lowest BCUT2D eigenvalue weighted by Gasteiger charge is -2.13. The van der Waals surface area contributed by atoms with Crippen LogP contribution in [0.15, 0.2) is 48.5 Å². The van der Waals surface area contributed by atoms with Crippen molar-refractivity contribution in [1.82, 2.24) is 5.32 Å². The Morgan fingerprint density at radius 2 is 1.67 bits per heavy atom. The smallest absolute Gasteiger partial charge is 0.328 e. The number of nitrogens with one attached hydrogen (secondary N) is 1. The Hall–Kier alpha value is -2.76. The largest absolute Gasteiger partial charge is 0.459 e. The van der Waals surface area contributed by atoms with Crippen molar-refractivity contribution in [1.29, 1.82) is 0 Å². The zero-order chi connectivity index (χ0) is 17.5. The van der Waals surface area contributed by atoms with Gasteiger partial charge in [-0.1, -0.05) is 30.3 Å². The van der Waals surface area contributed by atoms with E-state index in [0.29, 0.717) is 0 Å². The lowest BCUT2D eigenvalue weighted by molar-refractivity contribution is -0.148. The number of amides is 1. The number of rotatable bonds is 6. The van der Waals surface area contributed by atoms with Crippen molar-refractivity contribution in [3.63, 3.8) is 0 Å². The second kappa shape index (κ2) is 8.19. The topological polar surface area (TPSA) is 55.4 Å². The molecule has 0 heterocycles. The van der Waals surface area contributed by atoms with Crippen LogP contribution in [0.3, 0.4) is 0 Å². The van der Waals surface area contributed by atoms with Gasteiger partial charge in [-0.15, -0.1) is 0 Å². The van der Waals surface area contributed by atoms with E-state index in [-0.39, 0.29) is 18.6 Å². The molecule has 0 aliphatic rings. The molecule has 1 atom stereocenters. The quantitative estimate of drug-likeness (QED) is 0.827. The zero-order valence-electron chi connectivity index (χ0n) is 13.1. The molecular weight excluding hydrogens is 316 g/mol. The van der Waals surface area contributed by atoms with Gasteiger partial charge in [0, 0.05) is 6.07 Å². The molecule has 0 fully saturated rings. The second-order valence-electron chi connectivity index (χ2n) is 5.34. The minimum Gasteiger partial charge on any atom is -0.459 e. The Morgan fingerprint density at radius 3 is 2.29 bits per heavy atom. The van der Waals surface area contributed by atoms with Gasteiger partial charge in [-0.25, -0.2) is 13.6 Å². The van der Waals surface area contributed by atoms with E-state index in [2.05, 4.69) is 5.32 Å². The summed E-state index contributed by atoms with van der Waals surface area (Å²) in [6.45, 7) is 1.59. The summed E-state index contributed by atoms with van der Waals surface area (Å²) in [5, 5.41) is 2.44. The first-order valence-electron chi connectivity index (χ1n) is 7.39. The summed E-state index contributed by atoms with van der Waals surface area (Å²) in [5.74, 6) is -2.62. The molecule has 2 aromatic carbocycles. The number of halogens is 2. The number of ether oxygens (including phenoxy) is 1. The Balaban J connectivity index is 1.83. The fourth-order valence-electron chi connectivity index (χ4n) is 2.10. The molecule has 0 saturated heterocycles. The van der Waals surface area contributed by atoms with Crippen LogP contribution >= 0.6 is 0 Å². The van der Waals surface area contributed by atoms with E-state index in [0.717, 1.165) is 23.8 Å². The van der Waals surface area contributed by atoms with Gasteiger partial charge in [0.2, 0.25) is 5.91 Å². The molecule has 0 spiro atoms. The molecule has 0 aliphatic carbocycles. The van der Waals surface area contributed by atoms with Gasteiger partial charge in [0.25, 0.3) is 0 Å². The zero-order valence-corrected chi connectivity index (χ0v) is 13.1. The predicted molar refractivity (Wildman–Crippen MR) is 83.9 cm³/mol. The molecule has 6 heteroatoms. The Labute approximate surface area is 138 Å². The van der Waals surface area contributed by atoms with Gasteiger partial charge >= 0.3 is 5.97 Å². The highest BCUT2D eigenvalue weighted by Gasteiger charge is 2.17. The third-order valence-corrected chi connectivity index (χ3v) is 3.24. The van der Waals surface area contributed by atoms with Crippen molar-refractivity contribution < 1.29 is 23.1 Å². The molecule has 1 amide bonds. The highest BCUT2D eigenvalue weighted by molar-refractivity contribution is 5.85. The lowest BCUT2D eigenvalue weighted by Crippen LogP contribution is -2.40. The summed E-state index contributed by atoms with van der Waals surface area (Å²) in [5.41, 5.74) is 1.02. The van der Waals surface area contributed by atoms with Crippen LogP contribution in [0.2, 0.25) is 0 Å². The van der Waals surface area contributed by atoms with Gasteiger partial charge in [-0.3, -0.25) is 4.79 Å². The average Bonchev–Trinajstić information content (AvgIpc) is 2.52. The summed E-state index contributed by atoms with van der Waals surface area (Å²) in [4.78, 5) is 23.7. The van der Waals surface area contributed by atoms with Crippen LogP contribution in [-0.2, 0) is 27.4 Å². The van der Waals surface area contributed by atoms with Crippen molar-refractivity contribution in [3.05, 3.63) is 71.3 Å².